The molecule has 0 saturated carbocycles. The monoisotopic (exact) mass is 575 g/mol. The summed E-state index contributed by atoms with van der Waals surface area (Å²) in [7, 11) is 1.50. The van der Waals surface area contributed by atoms with E-state index in [0.29, 0.717) is 30.8 Å². The molecule has 0 aromatic carbocycles. The van der Waals surface area contributed by atoms with E-state index in [1.807, 2.05) is 13.8 Å². The lowest BCUT2D eigenvalue weighted by atomic mass is 9.93. The summed E-state index contributed by atoms with van der Waals surface area (Å²) in [6, 6.07) is 0. The van der Waals surface area contributed by atoms with Gasteiger partial charge in [-0.25, -0.2) is 14.6 Å². The Morgan fingerprint density at radius 1 is 1.27 bits per heavy atom. The Hall–Kier alpha value is -3.05. The summed E-state index contributed by atoms with van der Waals surface area (Å²) >= 11 is 0. The summed E-state index contributed by atoms with van der Waals surface area (Å²) in [5, 5.41) is 40.8. The van der Waals surface area contributed by atoms with Crippen molar-refractivity contribution in [3.05, 3.63) is 59.9 Å². The number of aromatic nitrogens is 1. The highest BCUT2D eigenvalue weighted by Crippen LogP contribution is 2.24. The number of carboxylic acids is 1. The molecule has 0 fully saturated rings. The molecule has 2 rings (SSSR count). The molecule has 2 heterocycles. The summed E-state index contributed by atoms with van der Waals surface area (Å²) in [5.41, 5.74) is 0.282. The van der Waals surface area contributed by atoms with Gasteiger partial charge in [-0.1, -0.05) is 43.7 Å². The lowest BCUT2D eigenvalue weighted by Crippen LogP contribution is -2.41. The predicted molar refractivity (Wildman–Crippen MR) is 154 cm³/mol. The van der Waals surface area contributed by atoms with Gasteiger partial charge in [-0.15, -0.1) is 0 Å². The highest BCUT2D eigenvalue weighted by molar-refractivity contribution is 5.82. The van der Waals surface area contributed by atoms with Gasteiger partial charge in [0.25, 0.3) is 0 Å². The van der Waals surface area contributed by atoms with Gasteiger partial charge in [0.15, 0.2) is 11.5 Å². The maximum absolute atomic E-state index is 12.8. The maximum Gasteiger partial charge on any atom is 0.335 e. The van der Waals surface area contributed by atoms with E-state index in [4.69, 9.17) is 19.0 Å². The van der Waals surface area contributed by atoms with Crippen LogP contribution in [0.2, 0.25) is 0 Å². The van der Waals surface area contributed by atoms with Gasteiger partial charge in [-0.2, -0.15) is 0 Å². The van der Waals surface area contributed by atoms with E-state index in [-0.39, 0.29) is 12.3 Å². The van der Waals surface area contributed by atoms with Crippen molar-refractivity contribution in [2.24, 2.45) is 11.8 Å². The molecular weight excluding hydrogens is 530 g/mol. The number of allylic oxidation sites excluding steroid dienone is 3. The Morgan fingerprint density at radius 2 is 1.98 bits per heavy atom. The van der Waals surface area contributed by atoms with Crippen LogP contribution in [0.15, 0.2) is 52.7 Å². The van der Waals surface area contributed by atoms with Crippen molar-refractivity contribution in [3.63, 3.8) is 0 Å². The highest BCUT2D eigenvalue weighted by Gasteiger charge is 2.31. The van der Waals surface area contributed by atoms with E-state index >= 15 is 0 Å². The number of aryl methyl sites for hydroxylation is 1. The molecule has 1 aliphatic heterocycles. The average molecular weight is 576 g/mol. The van der Waals surface area contributed by atoms with Crippen LogP contribution in [0, 0.1) is 11.8 Å². The molecule has 1 aliphatic rings. The van der Waals surface area contributed by atoms with Crippen LogP contribution in [-0.4, -0.2) is 74.5 Å². The van der Waals surface area contributed by atoms with Gasteiger partial charge in [0.2, 0.25) is 0 Å². The van der Waals surface area contributed by atoms with Crippen molar-refractivity contribution < 1.29 is 43.9 Å². The minimum Gasteiger partial charge on any atom is -0.479 e. The number of hydrogen-bond donors (Lipinski definition) is 4. The highest BCUT2D eigenvalue weighted by atomic mass is 16.6. The van der Waals surface area contributed by atoms with Crippen LogP contribution in [0.3, 0.4) is 0 Å². The lowest BCUT2D eigenvalue weighted by molar-refractivity contribution is -0.156. The standard InChI is InChI=1S/C31H45NO9/c1-19(9-7-8-14-31(5,38)30(36)37)16-26-29(35)25(39-6)15-20(2)10-12-27-32-23(18-40-27)22(4)17-24(33)21(3)11-13-28(34)41-26/h7-8,11,13,16-18,20-21,24-26,29,33,35,38H,9-10,12,14-15H2,1-6H3,(H,36,37)/t20-,21-,24-,25-,26-,29+,31-/m0/s1. The Balaban J connectivity index is 2.31. The molecule has 0 amide bonds. The first kappa shape index (κ1) is 34.2. The number of carbonyl (C=O) groups excluding carboxylic acids is 1. The Bertz CT molecular complexity index is 1130. The molecule has 0 unspecified atom stereocenters. The molecule has 0 spiro atoms. The number of nitrogens with zero attached hydrogens (tertiary/aromatic N) is 1. The number of rotatable bonds is 7. The number of carboxylic acid groups (broad SMARTS) is 1. The van der Waals surface area contributed by atoms with Gasteiger partial charge in [0, 0.05) is 31.9 Å². The predicted octanol–water partition coefficient (Wildman–Crippen LogP) is 4.01. The van der Waals surface area contributed by atoms with Crippen molar-refractivity contribution in [1.82, 2.24) is 4.98 Å². The van der Waals surface area contributed by atoms with Crippen LogP contribution in [-0.2, 0) is 25.5 Å². The smallest absolute Gasteiger partial charge is 0.335 e. The second kappa shape index (κ2) is 15.8. The molecule has 228 valence electrons. The Labute approximate surface area is 242 Å². The molecule has 10 nitrogen and oxygen atoms in total. The molecule has 41 heavy (non-hydrogen) atoms. The van der Waals surface area contributed by atoms with Crippen molar-refractivity contribution in [2.75, 3.05) is 7.11 Å². The van der Waals surface area contributed by atoms with E-state index in [1.165, 1.54) is 20.1 Å². The van der Waals surface area contributed by atoms with E-state index < -0.39 is 47.9 Å². The Morgan fingerprint density at radius 3 is 2.63 bits per heavy atom. The van der Waals surface area contributed by atoms with Crippen molar-refractivity contribution in [1.29, 1.82) is 0 Å². The van der Waals surface area contributed by atoms with Crippen LogP contribution in [0.25, 0.3) is 5.57 Å². The third-order valence-corrected chi connectivity index (χ3v) is 7.24. The lowest BCUT2D eigenvalue weighted by Gasteiger charge is -2.29. The summed E-state index contributed by atoms with van der Waals surface area (Å²) in [4.78, 5) is 28.4. The van der Waals surface area contributed by atoms with Crippen LogP contribution in [0.4, 0.5) is 0 Å². The number of esters is 1. The van der Waals surface area contributed by atoms with Gasteiger partial charge >= 0.3 is 11.9 Å². The fourth-order valence-corrected chi connectivity index (χ4v) is 4.31. The Kier molecular flexibility index (Phi) is 13.2. The number of hydrogen-bond acceptors (Lipinski definition) is 9. The normalized spacial score (nSPS) is 28.9. The summed E-state index contributed by atoms with van der Waals surface area (Å²) < 4.78 is 16.9. The van der Waals surface area contributed by atoms with Crippen LogP contribution < -0.4 is 0 Å². The molecule has 1 aromatic heterocycles. The second-order valence-electron chi connectivity index (χ2n) is 11.2. The average Bonchev–Trinajstić information content (AvgIpc) is 3.39. The zero-order chi connectivity index (χ0) is 30.7. The van der Waals surface area contributed by atoms with Crippen LogP contribution >= 0.6 is 0 Å². The van der Waals surface area contributed by atoms with E-state index in [1.54, 1.807) is 50.5 Å². The molecule has 2 bridgehead atoms. The van der Waals surface area contributed by atoms with E-state index in [9.17, 15) is 24.9 Å². The topological polar surface area (TPSA) is 160 Å². The molecule has 4 N–H and O–H groups in total. The number of aliphatic hydroxyl groups excluding tert-OH is 2. The van der Waals surface area contributed by atoms with Gasteiger partial charge < -0.3 is 34.3 Å². The van der Waals surface area contributed by atoms with E-state index in [2.05, 4.69) is 4.98 Å². The van der Waals surface area contributed by atoms with Gasteiger partial charge in [0.05, 0.1) is 12.2 Å². The number of methoxy groups -OCH3 is 1. The van der Waals surface area contributed by atoms with Crippen LogP contribution in [0.5, 0.6) is 0 Å². The van der Waals surface area contributed by atoms with Gasteiger partial charge in [-0.3, -0.25) is 0 Å². The number of fused-ring (bicyclic) bond motifs is 2. The third-order valence-electron chi connectivity index (χ3n) is 7.24. The number of cyclic esters (lactones) is 1. The maximum atomic E-state index is 12.8. The van der Waals surface area contributed by atoms with E-state index in [0.717, 1.165) is 17.6 Å². The van der Waals surface area contributed by atoms with Gasteiger partial charge in [0.1, 0.15) is 24.2 Å². The molecule has 7 atom stereocenters. The number of aliphatic carboxylic acids is 1. The molecule has 10 heteroatoms. The first-order chi connectivity index (χ1) is 19.2. The second-order valence-corrected chi connectivity index (χ2v) is 11.2. The minimum atomic E-state index is -1.87. The summed E-state index contributed by atoms with van der Waals surface area (Å²) in [6.07, 6.45) is 9.32. The zero-order valence-electron chi connectivity index (χ0n) is 24.8. The first-order valence-electron chi connectivity index (χ1n) is 13.9. The van der Waals surface area contributed by atoms with Crippen molar-refractivity contribution in [3.8, 4) is 0 Å². The van der Waals surface area contributed by atoms with Crippen molar-refractivity contribution >= 4 is 17.5 Å². The molecule has 0 saturated heterocycles. The fourth-order valence-electron chi connectivity index (χ4n) is 4.31. The molecule has 0 aliphatic carbocycles. The molecule has 0 radical (unpaired) electrons. The van der Waals surface area contributed by atoms with Gasteiger partial charge in [-0.05, 0) is 57.6 Å². The SMILES string of the molecule is CO[C@H]1C[C@@H](C)CCc2nc(co2)C(C)=C[C@H](O)[C@@H](C)C=CC(=O)O[C@@H](C=C(C)CC=CC[C@](C)(O)C(=O)O)[C@@H]1O. The molecular formula is C31H45NO9. The third kappa shape index (κ3) is 11.0. The fraction of sp³-hybridized carbons (Fsp3) is 0.581. The number of carbonyl (C=O) groups is 2. The minimum absolute atomic E-state index is 0.0708. The summed E-state index contributed by atoms with van der Waals surface area (Å²) in [5.74, 6) is -1.71. The molecule has 1 aromatic rings. The quantitative estimate of drug-likeness (QED) is 0.276. The number of aliphatic hydroxyl groups is 3. The summed E-state index contributed by atoms with van der Waals surface area (Å²) in [6.45, 7) is 8.65. The number of ether oxygens (including phenoxy) is 2. The number of oxazole rings is 1. The first-order valence-corrected chi connectivity index (χ1v) is 13.9. The van der Waals surface area contributed by atoms with Crippen LogP contribution in [0.1, 0.15) is 71.9 Å². The van der Waals surface area contributed by atoms with Crippen molar-refractivity contribution in [2.45, 2.75) is 96.7 Å². The zero-order valence-corrected chi connectivity index (χ0v) is 24.8. The largest absolute Gasteiger partial charge is 0.479 e.